The van der Waals surface area contributed by atoms with Gasteiger partial charge in [-0.25, -0.2) is 9.78 Å². The number of carboxylic acid groups (broad SMARTS) is 1. The van der Waals surface area contributed by atoms with Gasteiger partial charge in [0.25, 0.3) is 5.56 Å². The summed E-state index contributed by atoms with van der Waals surface area (Å²) in [6.07, 6.45) is 2.55. The summed E-state index contributed by atoms with van der Waals surface area (Å²) in [5.74, 6) is -0.656. The molecule has 2 fully saturated rings. The van der Waals surface area contributed by atoms with Gasteiger partial charge in [-0.15, -0.1) is 0 Å². The summed E-state index contributed by atoms with van der Waals surface area (Å²) in [4.78, 5) is 34.8. The summed E-state index contributed by atoms with van der Waals surface area (Å²) in [5, 5.41) is 32.1. The van der Waals surface area contributed by atoms with E-state index in [0.29, 0.717) is 35.8 Å². The van der Waals surface area contributed by atoms with E-state index in [-0.39, 0.29) is 29.3 Å². The first kappa shape index (κ1) is 25.9. The Kier molecular flexibility index (Phi) is 6.32. The summed E-state index contributed by atoms with van der Waals surface area (Å²) in [7, 11) is 0. The van der Waals surface area contributed by atoms with E-state index in [9.17, 15) is 20.0 Å². The van der Waals surface area contributed by atoms with E-state index in [1.165, 1.54) is 10.5 Å². The first-order valence-electron chi connectivity index (χ1n) is 13.4. The smallest absolute Gasteiger partial charge is 0.337 e. The van der Waals surface area contributed by atoms with Gasteiger partial charge in [0.2, 0.25) is 0 Å². The first-order valence-corrected chi connectivity index (χ1v) is 13.4. The number of aromatic nitrogens is 2. The number of nitrogens with zero attached hydrogens (tertiary/aromatic N) is 6. The molecule has 0 saturated carbocycles. The molecule has 4 heterocycles. The Hall–Kier alpha value is -5.35. The van der Waals surface area contributed by atoms with E-state index in [1.54, 1.807) is 24.4 Å². The van der Waals surface area contributed by atoms with E-state index >= 15 is 0 Å². The lowest BCUT2D eigenvalue weighted by molar-refractivity contribution is 0.0698. The van der Waals surface area contributed by atoms with E-state index in [2.05, 4.69) is 27.3 Å². The number of rotatable bonds is 6. The quantitative estimate of drug-likeness (QED) is 0.367. The summed E-state index contributed by atoms with van der Waals surface area (Å²) in [6.45, 7) is 5.09. The van der Waals surface area contributed by atoms with Crippen molar-refractivity contribution in [1.82, 2.24) is 9.38 Å². The van der Waals surface area contributed by atoms with Crippen LogP contribution in [0.2, 0.25) is 0 Å². The van der Waals surface area contributed by atoms with Crippen LogP contribution >= 0.6 is 0 Å². The summed E-state index contributed by atoms with van der Waals surface area (Å²) < 4.78 is 1.42. The highest BCUT2D eigenvalue weighted by molar-refractivity contribution is 5.94. The van der Waals surface area contributed by atoms with Crippen molar-refractivity contribution in [1.29, 1.82) is 10.5 Å². The molecule has 0 aliphatic carbocycles. The Balaban J connectivity index is 1.38. The molecule has 2 aliphatic rings. The van der Waals surface area contributed by atoms with Gasteiger partial charge < -0.3 is 20.2 Å². The average molecular weight is 546 g/mol. The highest BCUT2D eigenvalue weighted by atomic mass is 16.4. The summed E-state index contributed by atoms with van der Waals surface area (Å²) >= 11 is 0. The van der Waals surface area contributed by atoms with Crippen LogP contribution in [0.25, 0.3) is 5.65 Å². The molecular weight excluding hydrogens is 518 g/mol. The molecule has 4 aromatic rings. The van der Waals surface area contributed by atoms with Crippen molar-refractivity contribution in [2.24, 2.45) is 0 Å². The second-order valence-electron chi connectivity index (χ2n) is 10.6. The van der Waals surface area contributed by atoms with Crippen LogP contribution < -0.4 is 20.7 Å². The summed E-state index contributed by atoms with van der Waals surface area (Å²) in [5.41, 5.74) is 3.80. The number of aromatic carboxylic acids is 1. The van der Waals surface area contributed by atoms with Crippen molar-refractivity contribution in [3.8, 4) is 12.1 Å². The Labute approximate surface area is 236 Å². The minimum atomic E-state index is -1.04. The standard InChI is InChI=1S/C31H27N7O3/c1-18-11-25(19(2)34-27-6-4-3-5-24(27)31(40)41)28-35-29(26(14-33)30(39)38(28)15-18)37-17-22-12-23(37)16-36(22)21-9-7-20(13-32)8-10-21/h3-11,15,19,22-23,34H,12,16-17H2,1-2H3,(H,40,41)/t19-,22+,23+/m1/s1. The Bertz CT molecular complexity index is 1830. The van der Waals surface area contributed by atoms with Crippen LogP contribution in [-0.2, 0) is 0 Å². The molecule has 0 spiro atoms. The molecule has 2 aromatic carbocycles. The fourth-order valence-corrected chi connectivity index (χ4v) is 6.10. The summed E-state index contributed by atoms with van der Waals surface area (Å²) in [6, 6.07) is 20.3. The third kappa shape index (κ3) is 4.40. The van der Waals surface area contributed by atoms with E-state index in [1.807, 2.05) is 44.2 Å². The lowest BCUT2D eigenvalue weighted by atomic mass is 10.1. The first-order chi connectivity index (χ1) is 19.8. The fourth-order valence-electron chi connectivity index (χ4n) is 6.10. The van der Waals surface area contributed by atoms with Crippen LogP contribution in [0.5, 0.6) is 0 Å². The molecule has 204 valence electrons. The number of piperazine rings is 1. The molecule has 2 aromatic heterocycles. The Morgan fingerprint density at radius 2 is 1.78 bits per heavy atom. The monoisotopic (exact) mass is 545 g/mol. The fraction of sp³-hybridized carbons (Fsp3) is 0.258. The molecule has 41 heavy (non-hydrogen) atoms. The number of nitriles is 2. The van der Waals surface area contributed by atoms with Gasteiger partial charge in [0.05, 0.1) is 29.3 Å². The number of carbonyl (C=O) groups is 1. The van der Waals surface area contributed by atoms with E-state index in [4.69, 9.17) is 10.2 Å². The van der Waals surface area contributed by atoms with E-state index < -0.39 is 11.5 Å². The van der Waals surface area contributed by atoms with Gasteiger partial charge in [-0.2, -0.15) is 10.5 Å². The number of anilines is 3. The van der Waals surface area contributed by atoms with Crippen LogP contribution in [0.15, 0.2) is 65.6 Å². The topological polar surface area (TPSA) is 138 Å². The molecule has 2 saturated heterocycles. The van der Waals surface area contributed by atoms with Gasteiger partial charge in [0, 0.05) is 42.3 Å². The third-order valence-electron chi connectivity index (χ3n) is 8.02. The molecule has 2 N–H and O–H groups in total. The van der Waals surface area contributed by atoms with Gasteiger partial charge in [-0.3, -0.25) is 9.20 Å². The van der Waals surface area contributed by atoms with Crippen LogP contribution in [0.1, 0.15) is 52.0 Å². The minimum Gasteiger partial charge on any atom is -0.478 e. The molecule has 2 bridgehead atoms. The van der Waals surface area contributed by atoms with Crippen molar-refractivity contribution in [3.05, 3.63) is 99.0 Å². The maximum Gasteiger partial charge on any atom is 0.337 e. The highest BCUT2D eigenvalue weighted by Crippen LogP contribution is 2.38. The van der Waals surface area contributed by atoms with Crippen LogP contribution in [-0.4, -0.2) is 45.6 Å². The third-order valence-corrected chi connectivity index (χ3v) is 8.02. The number of hydrogen-bond donors (Lipinski definition) is 2. The minimum absolute atomic E-state index is 0.00774. The maximum absolute atomic E-state index is 13.7. The zero-order valence-electron chi connectivity index (χ0n) is 22.6. The largest absolute Gasteiger partial charge is 0.478 e. The van der Waals surface area contributed by atoms with Crippen molar-refractivity contribution in [2.75, 3.05) is 28.2 Å². The number of hydrogen-bond acceptors (Lipinski definition) is 8. The lowest BCUT2D eigenvalue weighted by Crippen LogP contribution is -2.47. The molecule has 10 heteroatoms. The predicted octanol–water partition coefficient (Wildman–Crippen LogP) is 4.09. The van der Waals surface area contributed by atoms with Gasteiger partial charge in [-0.1, -0.05) is 12.1 Å². The van der Waals surface area contributed by atoms with Gasteiger partial charge in [0.15, 0.2) is 11.4 Å². The number of pyridine rings is 1. The Morgan fingerprint density at radius 1 is 1.07 bits per heavy atom. The number of fused-ring (bicyclic) bond motifs is 3. The second-order valence-corrected chi connectivity index (χ2v) is 10.6. The van der Waals surface area contributed by atoms with Gasteiger partial charge in [-0.05, 0) is 68.3 Å². The molecule has 0 unspecified atom stereocenters. The van der Waals surface area contributed by atoms with Crippen LogP contribution in [0.4, 0.5) is 17.2 Å². The number of benzene rings is 2. The van der Waals surface area contributed by atoms with Gasteiger partial charge in [0.1, 0.15) is 11.7 Å². The van der Waals surface area contributed by atoms with Crippen molar-refractivity contribution >= 4 is 28.8 Å². The Morgan fingerprint density at radius 3 is 2.44 bits per heavy atom. The molecule has 10 nitrogen and oxygen atoms in total. The van der Waals surface area contributed by atoms with Crippen molar-refractivity contribution in [3.63, 3.8) is 0 Å². The highest BCUT2D eigenvalue weighted by Gasteiger charge is 2.45. The average Bonchev–Trinajstić information content (AvgIpc) is 3.59. The number of aryl methyl sites for hydroxylation is 1. The number of para-hydroxylation sites is 1. The molecule has 2 aliphatic heterocycles. The van der Waals surface area contributed by atoms with Crippen LogP contribution in [0, 0.1) is 29.6 Å². The number of carboxylic acids is 1. The zero-order chi connectivity index (χ0) is 28.8. The second kappa shape index (κ2) is 10.00. The number of nitrogens with one attached hydrogen (secondary N) is 1. The van der Waals surface area contributed by atoms with Gasteiger partial charge >= 0.3 is 5.97 Å². The molecule has 3 atom stereocenters. The molecule has 0 radical (unpaired) electrons. The SMILES string of the molecule is Cc1cc([C@@H](C)Nc2ccccc2C(=O)O)c2nc(N3C[C@@H]4C[C@H]3CN4c3ccc(C#N)cc3)c(C#N)c(=O)n2c1. The van der Waals surface area contributed by atoms with Crippen molar-refractivity contribution < 1.29 is 9.90 Å². The zero-order valence-corrected chi connectivity index (χ0v) is 22.6. The molecule has 0 amide bonds. The maximum atomic E-state index is 13.7. The van der Waals surface area contributed by atoms with Crippen molar-refractivity contribution in [2.45, 2.75) is 38.4 Å². The van der Waals surface area contributed by atoms with Crippen LogP contribution in [0.3, 0.4) is 0 Å². The predicted molar refractivity (Wildman–Crippen MR) is 154 cm³/mol. The normalized spacial score (nSPS) is 18.2. The molecule has 6 rings (SSSR count). The lowest BCUT2D eigenvalue weighted by Gasteiger charge is -2.36. The van der Waals surface area contributed by atoms with E-state index in [0.717, 1.165) is 23.2 Å². The molecular formula is C31H27N7O3.